The molecule has 0 unspecified atom stereocenters. The number of nitrogens with two attached hydrogens (primary N) is 2. The quantitative estimate of drug-likeness (QED) is 0.186. The normalized spacial score (nSPS) is 19.1. The number of hydrogen-bond donors (Lipinski definition) is 5. The average molecular weight is 634 g/mol. The van der Waals surface area contributed by atoms with Crippen molar-refractivity contribution in [2.24, 2.45) is 23.3 Å². The number of primary amides is 1. The van der Waals surface area contributed by atoms with Crippen LogP contribution in [0.2, 0.25) is 0 Å². The van der Waals surface area contributed by atoms with Gasteiger partial charge in [-0.3, -0.25) is 14.5 Å². The molecule has 1 aliphatic heterocycles. The molecule has 1 saturated heterocycles. The van der Waals surface area contributed by atoms with Crippen molar-refractivity contribution in [3.63, 3.8) is 0 Å². The lowest BCUT2D eigenvalue weighted by atomic mass is 9.81. The standard InChI is InChI=1S/C32H39N9O3.ClH/c33-17-20-4-6-22(7-5-20)30(43)41(25-8-9-26-27(16-25)39-32(44)38-26)28(29(34)42)15-21-2-1-3-23(14-21)24-18-36-31(37-19-24)40-12-10-35-11-13-40;/h1-3,8-9,14,16,18-20,22,28,35H,4-7,10-13,15,17,33H2,(H2,34,42)(H2,38,39,44);1H/t20-,22-,28-;/m0./s1. The number of rotatable bonds is 9. The molecule has 12 nitrogen and oxygen atoms in total. The van der Waals surface area contributed by atoms with E-state index < -0.39 is 11.9 Å². The highest BCUT2D eigenvalue weighted by molar-refractivity contribution is 6.02. The molecule has 45 heavy (non-hydrogen) atoms. The highest BCUT2D eigenvalue weighted by Gasteiger charge is 2.36. The van der Waals surface area contributed by atoms with Gasteiger partial charge in [0, 0.05) is 62.2 Å². The fourth-order valence-corrected chi connectivity index (χ4v) is 6.39. The van der Waals surface area contributed by atoms with Crippen LogP contribution in [0.25, 0.3) is 22.2 Å². The van der Waals surface area contributed by atoms with Crippen molar-refractivity contribution in [2.75, 3.05) is 42.5 Å². The van der Waals surface area contributed by atoms with Crippen molar-refractivity contribution in [2.45, 2.75) is 38.1 Å². The predicted molar refractivity (Wildman–Crippen MR) is 177 cm³/mol. The topological polar surface area (TPSA) is 179 Å². The average Bonchev–Trinajstić information content (AvgIpc) is 3.44. The van der Waals surface area contributed by atoms with Crippen molar-refractivity contribution in [3.05, 3.63) is 70.9 Å². The molecular formula is C32H40ClN9O3. The van der Waals surface area contributed by atoms with Gasteiger partial charge in [-0.1, -0.05) is 24.3 Å². The number of piperazine rings is 1. The Balaban J connectivity index is 0.00000400. The summed E-state index contributed by atoms with van der Waals surface area (Å²) in [7, 11) is 0. The van der Waals surface area contributed by atoms with Crippen LogP contribution in [-0.2, 0) is 16.0 Å². The lowest BCUT2D eigenvalue weighted by molar-refractivity contribution is -0.127. The minimum Gasteiger partial charge on any atom is -0.368 e. The number of nitrogens with zero attached hydrogens (tertiary/aromatic N) is 4. The van der Waals surface area contributed by atoms with E-state index in [4.69, 9.17) is 11.5 Å². The maximum absolute atomic E-state index is 14.2. The number of hydrogen-bond acceptors (Lipinski definition) is 8. The van der Waals surface area contributed by atoms with Crippen LogP contribution in [0.1, 0.15) is 31.2 Å². The maximum Gasteiger partial charge on any atom is 0.323 e. The fraction of sp³-hybridized carbons (Fsp3) is 0.406. The number of carbonyl (C=O) groups excluding carboxylic acids is 2. The number of fused-ring (bicyclic) bond motifs is 1. The maximum atomic E-state index is 14.2. The van der Waals surface area contributed by atoms with E-state index in [1.54, 1.807) is 23.1 Å². The van der Waals surface area contributed by atoms with Gasteiger partial charge in [0.1, 0.15) is 6.04 Å². The Bertz CT molecular complexity index is 1680. The van der Waals surface area contributed by atoms with E-state index in [0.717, 1.165) is 55.7 Å². The summed E-state index contributed by atoms with van der Waals surface area (Å²) < 4.78 is 0. The number of carbonyl (C=O) groups is 2. The Kier molecular flexibility index (Phi) is 10.2. The molecule has 1 atom stereocenters. The van der Waals surface area contributed by atoms with E-state index in [1.165, 1.54) is 0 Å². The molecule has 2 aromatic carbocycles. The molecule has 7 N–H and O–H groups in total. The van der Waals surface area contributed by atoms with Gasteiger partial charge >= 0.3 is 5.69 Å². The van der Waals surface area contributed by atoms with E-state index in [-0.39, 0.29) is 36.3 Å². The second-order valence-corrected chi connectivity index (χ2v) is 11.8. The summed E-state index contributed by atoms with van der Waals surface area (Å²) >= 11 is 0. The van der Waals surface area contributed by atoms with Crippen LogP contribution >= 0.6 is 12.4 Å². The van der Waals surface area contributed by atoms with Gasteiger partial charge in [0.15, 0.2) is 0 Å². The Morgan fingerprint density at radius 2 is 1.67 bits per heavy atom. The number of imidazole rings is 1. The number of halogens is 1. The summed E-state index contributed by atoms with van der Waals surface area (Å²) in [5.74, 6) is 0.104. The zero-order chi connectivity index (χ0) is 30.6. The van der Waals surface area contributed by atoms with Crippen LogP contribution in [0.15, 0.2) is 59.7 Å². The second-order valence-electron chi connectivity index (χ2n) is 11.8. The van der Waals surface area contributed by atoms with Crippen LogP contribution in [0.4, 0.5) is 11.6 Å². The van der Waals surface area contributed by atoms with Crippen molar-refractivity contribution in [3.8, 4) is 11.1 Å². The minimum atomic E-state index is -0.945. The molecule has 0 radical (unpaired) electrons. The number of aromatic nitrogens is 4. The molecule has 2 aromatic heterocycles. The smallest absolute Gasteiger partial charge is 0.323 e. The number of benzene rings is 2. The van der Waals surface area contributed by atoms with Crippen LogP contribution < -0.4 is 32.3 Å². The van der Waals surface area contributed by atoms with Crippen molar-refractivity contribution < 1.29 is 9.59 Å². The highest BCUT2D eigenvalue weighted by atomic mass is 35.5. The Morgan fingerprint density at radius 3 is 2.36 bits per heavy atom. The molecule has 3 heterocycles. The Morgan fingerprint density at radius 1 is 0.956 bits per heavy atom. The molecule has 6 rings (SSSR count). The Hall–Kier alpha value is -4.26. The first-order chi connectivity index (χ1) is 21.4. The van der Waals surface area contributed by atoms with Crippen molar-refractivity contribution >= 4 is 46.9 Å². The molecule has 2 amide bonds. The highest BCUT2D eigenvalue weighted by Crippen LogP contribution is 2.33. The summed E-state index contributed by atoms with van der Waals surface area (Å²) in [6.07, 6.45) is 6.98. The number of H-pyrrole nitrogens is 2. The molecule has 1 saturated carbocycles. The molecule has 1 aliphatic carbocycles. The lowest BCUT2D eigenvalue weighted by Crippen LogP contribution is -2.52. The van der Waals surface area contributed by atoms with E-state index >= 15 is 0 Å². The number of aromatic amines is 2. The van der Waals surface area contributed by atoms with Gasteiger partial charge in [-0.2, -0.15) is 0 Å². The molecule has 0 spiro atoms. The zero-order valence-corrected chi connectivity index (χ0v) is 25.9. The van der Waals surface area contributed by atoms with Crippen LogP contribution in [0.5, 0.6) is 0 Å². The summed E-state index contributed by atoms with van der Waals surface area (Å²) in [5, 5.41) is 3.33. The predicted octanol–water partition coefficient (Wildman–Crippen LogP) is 2.34. The van der Waals surface area contributed by atoms with E-state index in [9.17, 15) is 14.4 Å². The van der Waals surface area contributed by atoms with Crippen molar-refractivity contribution in [1.82, 2.24) is 25.3 Å². The molecule has 2 fully saturated rings. The van der Waals surface area contributed by atoms with Gasteiger partial charge in [-0.25, -0.2) is 14.8 Å². The van der Waals surface area contributed by atoms with Gasteiger partial charge in [0.25, 0.3) is 0 Å². The van der Waals surface area contributed by atoms with Crippen LogP contribution in [0.3, 0.4) is 0 Å². The summed E-state index contributed by atoms with van der Waals surface area (Å²) in [6, 6.07) is 12.1. The first-order valence-electron chi connectivity index (χ1n) is 15.3. The SMILES string of the molecule is Cl.NC[C@H]1CC[C@H](C(=O)N(c2ccc3[nH]c(=O)[nH]c3c2)[C@@H](Cc2cccc(-c3cnc(N4CCNCC4)nc3)c2)C(N)=O)CC1. The molecule has 2 aliphatic rings. The van der Waals surface area contributed by atoms with E-state index in [0.29, 0.717) is 48.0 Å². The number of anilines is 2. The van der Waals surface area contributed by atoms with Gasteiger partial charge in [0.2, 0.25) is 17.8 Å². The molecule has 0 bridgehead atoms. The molecular weight excluding hydrogens is 594 g/mol. The molecule has 4 aromatic rings. The number of amides is 2. The third kappa shape index (κ3) is 7.19. The molecule has 13 heteroatoms. The Labute approximate surface area is 267 Å². The number of nitrogens with one attached hydrogen (secondary N) is 3. The lowest BCUT2D eigenvalue weighted by Gasteiger charge is -2.35. The summed E-state index contributed by atoms with van der Waals surface area (Å²) in [4.78, 5) is 57.7. The summed E-state index contributed by atoms with van der Waals surface area (Å²) in [6.45, 7) is 4.13. The monoisotopic (exact) mass is 633 g/mol. The first kappa shape index (κ1) is 32.1. The van der Waals surface area contributed by atoms with Gasteiger partial charge in [-0.15, -0.1) is 12.4 Å². The van der Waals surface area contributed by atoms with Crippen LogP contribution in [0, 0.1) is 11.8 Å². The van der Waals surface area contributed by atoms with Gasteiger partial charge in [0.05, 0.1) is 11.0 Å². The van der Waals surface area contributed by atoms with E-state index in [2.05, 4.69) is 30.2 Å². The van der Waals surface area contributed by atoms with Gasteiger partial charge < -0.3 is 31.7 Å². The van der Waals surface area contributed by atoms with E-state index in [1.807, 2.05) is 36.7 Å². The largest absolute Gasteiger partial charge is 0.368 e. The minimum absolute atomic E-state index is 0. The third-order valence-corrected chi connectivity index (χ3v) is 8.91. The van der Waals surface area contributed by atoms with Crippen LogP contribution in [-0.4, -0.2) is 70.5 Å². The van der Waals surface area contributed by atoms with Crippen molar-refractivity contribution in [1.29, 1.82) is 0 Å². The summed E-state index contributed by atoms with van der Waals surface area (Å²) in [5.41, 5.74) is 15.9. The second kappa shape index (κ2) is 14.2. The molecule has 238 valence electrons. The third-order valence-electron chi connectivity index (χ3n) is 8.91. The zero-order valence-electron chi connectivity index (χ0n) is 25.1. The first-order valence-corrected chi connectivity index (χ1v) is 15.3. The van der Waals surface area contributed by atoms with Gasteiger partial charge in [-0.05, 0) is 67.5 Å². The fourth-order valence-electron chi connectivity index (χ4n) is 6.39.